The van der Waals surface area contributed by atoms with E-state index in [-0.39, 0.29) is 5.75 Å². The van der Waals surface area contributed by atoms with Gasteiger partial charge >= 0.3 is 0 Å². The summed E-state index contributed by atoms with van der Waals surface area (Å²) in [7, 11) is -3.68. The van der Waals surface area contributed by atoms with E-state index in [4.69, 9.17) is 34.8 Å². The second-order valence-electron chi connectivity index (χ2n) is 5.25. The van der Waals surface area contributed by atoms with Gasteiger partial charge in [0.25, 0.3) is 0 Å². The first-order chi connectivity index (χ1) is 10.7. The molecule has 1 N–H and O–H groups in total. The maximum atomic E-state index is 12.4. The van der Waals surface area contributed by atoms with Gasteiger partial charge in [0.05, 0.1) is 11.8 Å². The Kier molecular flexibility index (Phi) is 5.98. The minimum atomic E-state index is -3.68. The molecule has 0 fully saturated rings. The van der Waals surface area contributed by atoms with E-state index >= 15 is 0 Å². The van der Waals surface area contributed by atoms with Gasteiger partial charge < -0.3 is 0 Å². The molecule has 2 aromatic carbocycles. The molecule has 0 radical (unpaired) electrons. The van der Waals surface area contributed by atoms with Gasteiger partial charge in [0.1, 0.15) is 0 Å². The first-order valence-corrected chi connectivity index (χ1v) is 9.63. The Morgan fingerprint density at radius 3 is 2.09 bits per heavy atom. The van der Waals surface area contributed by atoms with Crippen molar-refractivity contribution in [2.75, 3.05) is 0 Å². The van der Waals surface area contributed by atoms with Crippen molar-refractivity contribution in [2.45, 2.75) is 22.5 Å². The number of benzene rings is 2. The predicted octanol–water partition coefficient (Wildman–Crippen LogP) is 4.53. The first-order valence-electron chi connectivity index (χ1n) is 6.84. The third-order valence-corrected chi connectivity index (χ3v) is 5.20. The highest BCUT2D eigenvalue weighted by Crippen LogP contribution is 2.40. The van der Waals surface area contributed by atoms with Crippen molar-refractivity contribution >= 4 is 44.8 Å². The predicted molar refractivity (Wildman–Crippen MR) is 96.4 cm³/mol. The number of aryl methyl sites for hydroxylation is 1. The zero-order valence-electron chi connectivity index (χ0n) is 12.3. The lowest BCUT2D eigenvalue weighted by molar-refractivity contribution is 0.557. The third kappa shape index (κ3) is 5.66. The van der Waals surface area contributed by atoms with Crippen molar-refractivity contribution in [1.29, 1.82) is 0 Å². The van der Waals surface area contributed by atoms with Crippen molar-refractivity contribution in [3.05, 3.63) is 71.3 Å². The third-order valence-electron chi connectivity index (χ3n) is 3.23. The number of alkyl halides is 3. The van der Waals surface area contributed by atoms with Gasteiger partial charge in [-0.15, -0.1) is 0 Å². The summed E-state index contributed by atoms with van der Waals surface area (Å²) in [6.45, 7) is 1.92. The minimum Gasteiger partial charge on any atom is -0.212 e. The van der Waals surface area contributed by atoms with Crippen molar-refractivity contribution < 1.29 is 8.42 Å². The Morgan fingerprint density at radius 1 is 1.00 bits per heavy atom. The molecule has 1 atom stereocenters. The van der Waals surface area contributed by atoms with Crippen molar-refractivity contribution in [3.8, 4) is 0 Å². The average molecular weight is 393 g/mol. The Morgan fingerprint density at radius 2 is 1.57 bits per heavy atom. The summed E-state index contributed by atoms with van der Waals surface area (Å²) in [6.07, 6.45) is 0. The van der Waals surface area contributed by atoms with E-state index < -0.39 is 19.9 Å². The lowest BCUT2D eigenvalue weighted by atomic mass is 10.1. The van der Waals surface area contributed by atoms with Gasteiger partial charge in [-0.1, -0.05) is 95.0 Å². The summed E-state index contributed by atoms with van der Waals surface area (Å²) < 4.78 is 25.5. The lowest BCUT2D eigenvalue weighted by Crippen LogP contribution is -2.37. The van der Waals surface area contributed by atoms with Crippen LogP contribution in [0.2, 0.25) is 0 Å². The van der Waals surface area contributed by atoms with Crippen LogP contribution in [-0.2, 0) is 15.8 Å². The van der Waals surface area contributed by atoms with Gasteiger partial charge in [-0.25, -0.2) is 13.1 Å². The molecule has 0 bridgehead atoms. The Hall–Kier alpha value is -0.780. The molecule has 0 aliphatic carbocycles. The van der Waals surface area contributed by atoms with Crippen LogP contribution in [0.5, 0.6) is 0 Å². The summed E-state index contributed by atoms with van der Waals surface area (Å²) in [4.78, 5) is 0. The van der Waals surface area contributed by atoms with E-state index in [9.17, 15) is 8.42 Å². The van der Waals surface area contributed by atoms with E-state index in [0.717, 1.165) is 5.56 Å². The van der Waals surface area contributed by atoms with Gasteiger partial charge in [-0.05, 0) is 18.1 Å². The van der Waals surface area contributed by atoms with Crippen LogP contribution in [0.4, 0.5) is 0 Å². The van der Waals surface area contributed by atoms with Crippen LogP contribution in [0.15, 0.2) is 54.6 Å². The number of nitrogens with one attached hydrogen (secondary N) is 1. The van der Waals surface area contributed by atoms with Crippen LogP contribution in [-0.4, -0.2) is 12.2 Å². The molecule has 23 heavy (non-hydrogen) atoms. The maximum Gasteiger partial charge on any atom is 0.216 e. The standard InChI is InChI=1S/C16H16Cl3NO2S/c1-12-7-9-14(10-8-12)15(16(17,18)19)20-23(21,22)11-13-5-3-2-4-6-13/h2-10,15,20H,11H2,1H3. The molecule has 0 spiro atoms. The second-order valence-corrected chi connectivity index (χ2v) is 9.37. The molecule has 0 aliphatic heterocycles. The SMILES string of the molecule is Cc1ccc(C(NS(=O)(=O)Cc2ccccc2)C(Cl)(Cl)Cl)cc1. The molecule has 7 heteroatoms. The molecule has 3 nitrogen and oxygen atoms in total. The van der Waals surface area contributed by atoms with Crippen molar-refractivity contribution in [2.24, 2.45) is 0 Å². The minimum absolute atomic E-state index is 0.184. The van der Waals surface area contributed by atoms with E-state index in [0.29, 0.717) is 11.1 Å². The van der Waals surface area contributed by atoms with E-state index in [1.54, 1.807) is 36.4 Å². The molecule has 2 aromatic rings. The fourth-order valence-electron chi connectivity index (χ4n) is 2.10. The Balaban J connectivity index is 2.25. The first kappa shape index (κ1) is 18.6. The molecular formula is C16H16Cl3NO2S. The zero-order valence-corrected chi connectivity index (χ0v) is 15.4. The van der Waals surface area contributed by atoms with Crippen LogP contribution in [0.3, 0.4) is 0 Å². The van der Waals surface area contributed by atoms with Crippen LogP contribution in [0, 0.1) is 6.92 Å². The molecule has 0 heterocycles. The van der Waals surface area contributed by atoms with Crippen LogP contribution < -0.4 is 4.72 Å². The largest absolute Gasteiger partial charge is 0.216 e. The fraction of sp³-hybridized carbons (Fsp3) is 0.250. The summed E-state index contributed by atoms with van der Waals surface area (Å²) in [5.41, 5.74) is 2.28. The number of halogens is 3. The highest BCUT2D eigenvalue weighted by molar-refractivity contribution is 7.88. The highest BCUT2D eigenvalue weighted by atomic mass is 35.6. The second kappa shape index (κ2) is 7.41. The van der Waals surface area contributed by atoms with E-state index in [2.05, 4.69) is 4.72 Å². The number of sulfonamides is 1. The monoisotopic (exact) mass is 391 g/mol. The van der Waals surface area contributed by atoms with Crippen molar-refractivity contribution in [1.82, 2.24) is 4.72 Å². The number of rotatable bonds is 5. The molecule has 124 valence electrons. The zero-order chi connectivity index (χ0) is 17.1. The summed E-state index contributed by atoms with van der Waals surface area (Å²) >= 11 is 18.0. The normalized spacial score (nSPS) is 13.7. The quantitative estimate of drug-likeness (QED) is 0.760. The van der Waals surface area contributed by atoms with Gasteiger partial charge in [0.2, 0.25) is 13.8 Å². The van der Waals surface area contributed by atoms with Gasteiger partial charge in [-0.2, -0.15) is 0 Å². The fourth-order valence-corrected chi connectivity index (χ4v) is 4.22. The maximum absolute atomic E-state index is 12.4. The summed E-state index contributed by atoms with van der Waals surface area (Å²) in [5, 5.41) is 0. The van der Waals surface area contributed by atoms with Gasteiger partial charge in [0, 0.05) is 0 Å². The van der Waals surface area contributed by atoms with Crippen LogP contribution >= 0.6 is 34.8 Å². The van der Waals surface area contributed by atoms with Gasteiger partial charge in [0.15, 0.2) is 0 Å². The molecular weight excluding hydrogens is 377 g/mol. The summed E-state index contributed by atoms with van der Waals surface area (Å²) in [6, 6.07) is 15.0. The Labute approximate surface area is 151 Å². The lowest BCUT2D eigenvalue weighted by Gasteiger charge is -2.26. The van der Waals surface area contributed by atoms with Crippen LogP contribution in [0.25, 0.3) is 0 Å². The van der Waals surface area contributed by atoms with Crippen LogP contribution in [0.1, 0.15) is 22.7 Å². The highest BCUT2D eigenvalue weighted by Gasteiger charge is 2.36. The Bertz CT molecular complexity index is 741. The van der Waals surface area contributed by atoms with E-state index in [1.807, 2.05) is 25.1 Å². The molecule has 2 rings (SSSR count). The molecule has 0 aliphatic rings. The summed E-state index contributed by atoms with van der Waals surface area (Å²) in [5.74, 6) is -0.184. The molecule has 0 amide bonds. The van der Waals surface area contributed by atoms with Crippen molar-refractivity contribution in [3.63, 3.8) is 0 Å². The topological polar surface area (TPSA) is 46.2 Å². The molecule has 1 unspecified atom stereocenters. The number of hydrogen-bond donors (Lipinski definition) is 1. The molecule has 0 saturated heterocycles. The van der Waals surface area contributed by atoms with E-state index in [1.165, 1.54) is 0 Å². The molecule has 0 saturated carbocycles. The smallest absolute Gasteiger partial charge is 0.212 e. The average Bonchev–Trinajstić information content (AvgIpc) is 2.45. The molecule has 0 aromatic heterocycles. The number of hydrogen-bond acceptors (Lipinski definition) is 2. The van der Waals surface area contributed by atoms with Gasteiger partial charge in [-0.3, -0.25) is 0 Å².